The lowest BCUT2D eigenvalue weighted by Gasteiger charge is -2.28. The van der Waals surface area contributed by atoms with Crippen LogP contribution < -0.4 is 5.32 Å². The van der Waals surface area contributed by atoms with Gasteiger partial charge >= 0.3 is 5.97 Å². The molecule has 0 radical (unpaired) electrons. The van der Waals surface area contributed by atoms with Crippen molar-refractivity contribution >= 4 is 22.8 Å². The Labute approximate surface area is 179 Å². The van der Waals surface area contributed by atoms with E-state index in [2.05, 4.69) is 17.2 Å². The first kappa shape index (κ1) is 22.3. The number of nitrogens with zero attached hydrogens (tertiary/aromatic N) is 1. The van der Waals surface area contributed by atoms with Gasteiger partial charge in [0.25, 0.3) is 5.91 Å². The maximum absolute atomic E-state index is 12.8. The lowest BCUT2D eigenvalue weighted by Crippen LogP contribution is -2.38. The van der Waals surface area contributed by atoms with Crippen LogP contribution >= 0.6 is 0 Å². The molecule has 1 fully saturated rings. The van der Waals surface area contributed by atoms with Crippen LogP contribution in [0.25, 0.3) is 10.9 Å². The quantitative estimate of drug-likeness (QED) is 0.694. The Morgan fingerprint density at radius 1 is 1.17 bits per heavy atom. The summed E-state index contributed by atoms with van der Waals surface area (Å²) in [5.74, 6) is 0.255. The van der Waals surface area contributed by atoms with E-state index in [0.29, 0.717) is 11.5 Å². The van der Waals surface area contributed by atoms with Crippen molar-refractivity contribution in [2.75, 3.05) is 0 Å². The number of fused-ring (bicyclic) bond motifs is 1. The zero-order valence-corrected chi connectivity index (χ0v) is 18.9. The first-order chi connectivity index (χ1) is 14.1. The predicted octanol–water partition coefficient (Wildman–Crippen LogP) is 5.13. The van der Waals surface area contributed by atoms with Gasteiger partial charge in [0.15, 0.2) is 0 Å². The topological polar surface area (TPSA) is 68.3 Å². The third-order valence-electron chi connectivity index (χ3n) is 5.85. The Kier molecular flexibility index (Phi) is 6.79. The van der Waals surface area contributed by atoms with Crippen LogP contribution in [0.5, 0.6) is 0 Å². The molecule has 2 aromatic rings. The van der Waals surface area contributed by atoms with Crippen molar-refractivity contribution in [2.45, 2.75) is 84.8 Å². The molecule has 1 heterocycles. The van der Waals surface area contributed by atoms with E-state index in [1.54, 1.807) is 0 Å². The van der Waals surface area contributed by atoms with Crippen LogP contribution in [-0.4, -0.2) is 28.5 Å². The third kappa shape index (κ3) is 5.80. The predicted molar refractivity (Wildman–Crippen MR) is 120 cm³/mol. The second kappa shape index (κ2) is 9.15. The Morgan fingerprint density at radius 3 is 2.53 bits per heavy atom. The highest BCUT2D eigenvalue weighted by atomic mass is 16.6. The van der Waals surface area contributed by atoms with Gasteiger partial charge in [-0.2, -0.15) is 0 Å². The highest BCUT2D eigenvalue weighted by Gasteiger charge is 2.22. The summed E-state index contributed by atoms with van der Waals surface area (Å²) in [7, 11) is 0. The maximum Gasteiger partial charge on any atom is 0.310 e. The summed E-state index contributed by atoms with van der Waals surface area (Å²) in [6.07, 6.45) is 6.40. The molecule has 1 N–H and O–H groups in total. The van der Waals surface area contributed by atoms with Crippen LogP contribution in [0.4, 0.5) is 0 Å². The van der Waals surface area contributed by atoms with Gasteiger partial charge in [0.05, 0.1) is 11.9 Å². The molecule has 0 bridgehead atoms. The monoisotopic (exact) mass is 410 g/mol. The number of aryl methyl sites for hydroxylation is 1. The number of rotatable bonds is 5. The summed E-state index contributed by atoms with van der Waals surface area (Å²) in [6, 6.07) is 7.72. The van der Waals surface area contributed by atoms with Gasteiger partial charge in [-0.15, -0.1) is 0 Å². The summed E-state index contributed by atoms with van der Waals surface area (Å²) in [5, 5.41) is 4.09. The molecule has 1 aliphatic rings. The summed E-state index contributed by atoms with van der Waals surface area (Å²) in [4.78, 5) is 29.6. The van der Waals surface area contributed by atoms with E-state index in [9.17, 15) is 9.59 Å². The number of esters is 1. The zero-order valence-electron chi connectivity index (χ0n) is 18.9. The maximum atomic E-state index is 12.8. The number of aromatic nitrogens is 1. The van der Waals surface area contributed by atoms with E-state index >= 15 is 0 Å². The number of hydrogen-bond acceptors (Lipinski definition) is 4. The van der Waals surface area contributed by atoms with Crippen molar-refractivity contribution in [1.29, 1.82) is 0 Å². The Bertz CT molecular complexity index is 924. The fourth-order valence-corrected chi connectivity index (χ4v) is 4.20. The van der Waals surface area contributed by atoms with Gasteiger partial charge < -0.3 is 10.1 Å². The van der Waals surface area contributed by atoms with E-state index in [1.807, 2.05) is 52.0 Å². The van der Waals surface area contributed by atoms with Gasteiger partial charge in [-0.3, -0.25) is 14.6 Å². The van der Waals surface area contributed by atoms with E-state index < -0.39 is 5.60 Å². The van der Waals surface area contributed by atoms with Gasteiger partial charge in [-0.1, -0.05) is 25.3 Å². The van der Waals surface area contributed by atoms with Crippen LogP contribution in [0.2, 0.25) is 0 Å². The molecule has 30 heavy (non-hydrogen) atoms. The molecule has 5 heteroatoms. The average molecular weight is 411 g/mol. The average Bonchev–Trinajstić information content (AvgIpc) is 2.67. The number of amides is 1. The molecule has 1 amide bonds. The van der Waals surface area contributed by atoms with Crippen LogP contribution in [0.3, 0.4) is 0 Å². The molecule has 1 saturated carbocycles. The Morgan fingerprint density at radius 2 is 1.87 bits per heavy atom. The van der Waals surface area contributed by atoms with Crippen LogP contribution in [-0.2, 0) is 16.0 Å². The molecule has 162 valence electrons. The highest BCUT2D eigenvalue weighted by molar-refractivity contribution is 5.98. The molecule has 1 aromatic heterocycles. The standard InChI is InChI=1S/C25H34N2O3/c1-16(18-9-7-6-8-10-18)27-24(29)20-12-11-19-13-21(17(2)26-22(19)14-20)15-23(28)30-25(3,4)5/h11-14,16,18H,6-10,15H2,1-5H3,(H,27,29)/t16-/m0/s1. The minimum absolute atomic E-state index is 0.0488. The van der Waals surface area contributed by atoms with Crippen molar-refractivity contribution in [3.05, 3.63) is 41.1 Å². The summed E-state index contributed by atoms with van der Waals surface area (Å²) in [6.45, 7) is 9.58. The third-order valence-corrected chi connectivity index (χ3v) is 5.85. The smallest absolute Gasteiger partial charge is 0.310 e. The van der Waals surface area contributed by atoms with Crippen molar-refractivity contribution < 1.29 is 14.3 Å². The normalized spacial score (nSPS) is 16.3. The van der Waals surface area contributed by atoms with Crippen molar-refractivity contribution in [2.24, 2.45) is 5.92 Å². The number of pyridine rings is 1. The van der Waals surface area contributed by atoms with Gasteiger partial charge in [-0.25, -0.2) is 0 Å². The molecule has 0 saturated heterocycles. The fourth-order valence-electron chi connectivity index (χ4n) is 4.20. The van der Waals surface area contributed by atoms with Crippen molar-refractivity contribution in [3.63, 3.8) is 0 Å². The lowest BCUT2D eigenvalue weighted by atomic mass is 9.84. The Balaban J connectivity index is 1.73. The molecule has 0 aliphatic heterocycles. The molecule has 1 aromatic carbocycles. The SMILES string of the molecule is Cc1nc2cc(C(=O)N[C@@H](C)C3CCCCC3)ccc2cc1CC(=O)OC(C)(C)C. The highest BCUT2D eigenvalue weighted by Crippen LogP contribution is 2.26. The van der Waals surface area contributed by atoms with Gasteiger partial charge in [-0.05, 0) is 77.1 Å². The van der Waals surface area contributed by atoms with Crippen molar-refractivity contribution in [3.8, 4) is 0 Å². The summed E-state index contributed by atoms with van der Waals surface area (Å²) >= 11 is 0. The molecule has 3 rings (SSSR count). The largest absolute Gasteiger partial charge is 0.460 e. The Hall–Kier alpha value is -2.43. The molecule has 0 spiro atoms. The number of carbonyl (C=O) groups excluding carboxylic acids is 2. The van der Waals surface area contributed by atoms with Gasteiger partial charge in [0.2, 0.25) is 0 Å². The minimum atomic E-state index is -0.508. The van der Waals surface area contributed by atoms with E-state index in [1.165, 1.54) is 32.1 Å². The van der Waals surface area contributed by atoms with E-state index in [-0.39, 0.29) is 24.3 Å². The molecular weight excluding hydrogens is 376 g/mol. The minimum Gasteiger partial charge on any atom is -0.460 e. The lowest BCUT2D eigenvalue weighted by molar-refractivity contribution is -0.153. The second-order valence-electron chi connectivity index (χ2n) is 9.56. The molecular formula is C25H34N2O3. The van der Waals surface area contributed by atoms with Crippen LogP contribution in [0.1, 0.15) is 81.4 Å². The number of nitrogens with one attached hydrogen (secondary N) is 1. The summed E-state index contributed by atoms with van der Waals surface area (Å²) in [5.41, 5.74) is 2.50. The first-order valence-corrected chi connectivity index (χ1v) is 11.1. The van der Waals surface area contributed by atoms with Crippen LogP contribution in [0, 0.1) is 12.8 Å². The molecule has 1 atom stereocenters. The van der Waals surface area contributed by atoms with Crippen LogP contribution in [0.15, 0.2) is 24.3 Å². The molecule has 1 aliphatic carbocycles. The second-order valence-corrected chi connectivity index (χ2v) is 9.56. The first-order valence-electron chi connectivity index (χ1n) is 11.1. The fraction of sp³-hybridized carbons (Fsp3) is 0.560. The summed E-state index contributed by atoms with van der Waals surface area (Å²) < 4.78 is 5.43. The van der Waals surface area contributed by atoms with Gasteiger partial charge in [0, 0.05) is 22.7 Å². The number of hydrogen-bond donors (Lipinski definition) is 1. The van der Waals surface area contributed by atoms with E-state index in [0.717, 1.165) is 22.2 Å². The van der Waals surface area contributed by atoms with E-state index in [4.69, 9.17) is 4.74 Å². The molecule has 0 unspecified atom stereocenters. The number of benzene rings is 1. The molecule has 5 nitrogen and oxygen atoms in total. The van der Waals surface area contributed by atoms with Crippen molar-refractivity contribution in [1.82, 2.24) is 10.3 Å². The zero-order chi connectivity index (χ0) is 21.9. The number of ether oxygens (including phenoxy) is 1. The van der Waals surface area contributed by atoms with Gasteiger partial charge in [0.1, 0.15) is 5.60 Å². The number of carbonyl (C=O) groups is 2.